The summed E-state index contributed by atoms with van der Waals surface area (Å²) in [4.78, 5) is 0. The smallest absolute Gasteiger partial charge is 0.0831 e. The van der Waals surface area contributed by atoms with Crippen LogP contribution in [-0.4, -0.2) is 38.0 Å². The van der Waals surface area contributed by atoms with E-state index in [1.165, 1.54) is 6.42 Å². The topological polar surface area (TPSA) is 30.5 Å². The molecule has 1 aliphatic rings. The van der Waals surface area contributed by atoms with Gasteiger partial charge in [-0.25, -0.2) is 0 Å². The van der Waals surface area contributed by atoms with E-state index >= 15 is 0 Å². The Kier molecular flexibility index (Phi) is 6.32. The van der Waals surface area contributed by atoms with Crippen LogP contribution in [0, 0.1) is 5.92 Å². The molecule has 4 atom stereocenters. The lowest BCUT2D eigenvalue weighted by Gasteiger charge is -2.25. The number of nitrogens with one attached hydrogen (secondary N) is 1. The van der Waals surface area contributed by atoms with Crippen LogP contribution in [0.2, 0.25) is 0 Å². The van der Waals surface area contributed by atoms with E-state index in [0.717, 1.165) is 32.2 Å². The Balaban J connectivity index is 2.11. The average Bonchev–Trinajstić information content (AvgIpc) is 2.78. The number of hydrogen-bond acceptors (Lipinski definition) is 3. The normalized spacial score (nSPS) is 26.6. The molecular formula is C13H27NO2. The van der Waals surface area contributed by atoms with Gasteiger partial charge < -0.3 is 14.8 Å². The second-order valence-corrected chi connectivity index (χ2v) is 5.06. The number of rotatable bonds is 7. The Hall–Kier alpha value is -0.120. The molecule has 0 amide bonds. The first-order valence-corrected chi connectivity index (χ1v) is 6.58. The molecular weight excluding hydrogens is 202 g/mol. The first-order valence-electron chi connectivity index (χ1n) is 6.58. The van der Waals surface area contributed by atoms with Gasteiger partial charge in [0.15, 0.2) is 0 Å². The molecule has 4 unspecified atom stereocenters. The largest absolute Gasteiger partial charge is 0.379 e. The van der Waals surface area contributed by atoms with E-state index in [1.807, 2.05) is 0 Å². The van der Waals surface area contributed by atoms with Crippen LogP contribution in [0.4, 0.5) is 0 Å². The molecule has 1 saturated heterocycles. The van der Waals surface area contributed by atoms with Crippen LogP contribution >= 0.6 is 0 Å². The molecule has 0 saturated carbocycles. The van der Waals surface area contributed by atoms with Gasteiger partial charge in [0.1, 0.15) is 0 Å². The lowest BCUT2D eigenvalue weighted by atomic mass is 10.0. The first-order chi connectivity index (χ1) is 7.63. The third-order valence-corrected chi connectivity index (χ3v) is 3.51. The molecule has 96 valence electrons. The summed E-state index contributed by atoms with van der Waals surface area (Å²) in [5.41, 5.74) is 0. The van der Waals surface area contributed by atoms with Crippen molar-refractivity contribution in [1.29, 1.82) is 0 Å². The lowest BCUT2D eigenvalue weighted by Crippen LogP contribution is -2.41. The molecule has 0 aliphatic carbocycles. The first kappa shape index (κ1) is 13.9. The van der Waals surface area contributed by atoms with Crippen LogP contribution in [-0.2, 0) is 9.47 Å². The Bertz CT molecular complexity index is 181. The Morgan fingerprint density at radius 2 is 2.12 bits per heavy atom. The fourth-order valence-electron chi connectivity index (χ4n) is 1.94. The SMILES string of the molecule is CCC(C)C(C)NC(C)COC1CCOC1. The van der Waals surface area contributed by atoms with Crippen molar-refractivity contribution in [2.24, 2.45) is 5.92 Å². The third kappa shape index (κ3) is 4.81. The lowest BCUT2D eigenvalue weighted by molar-refractivity contribution is 0.0301. The van der Waals surface area contributed by atoms with Gasteiger partial charge in [-0.3, -0.25) is 0 Å². The third-order valence-electron chi connectivity index (χ3n) is 3.51. The van der Waals surface area contributed by atoms with Crippen molar-refractivity contribution < 1.29 is 9.47 Å². The van der Waals surface area contributed by atoms with Crippen LogP contribution in [0.25, 0.3) is 0 Å². The zero-order chi connectivity index (χ0) is 12.0. The van der Waals surface area contributed by atoms with Crippen LogP contribution in [0.15, 0.2) is 0 Å². The van der Waals surface area contributed by atoms with Crippen molar-refractivity contribution in [1.82, 2.24) is 5.32 Å². The van der Waals surface area contributed by atoms with E-state index in [-0.39, 0.29) is 0 Å². The second-order valence-electron chi connectivity index (χ2n) is 5.06. The summed E-state index contributed by atoms with van der Waals surface area (Å²) >= 11 is 0. The van der Waals surface area contributed by atoms with Gasteiger partial charge in [0.2, 0.25) is 0 Å². The summed E-state index contributed by atoms with van der Waals surface area (Å²) in [6, 6.07) is 0.980. The maximum absolute atomic E-state index is 5.79. The minimum atomic E-state index is 0.322. The van der Waals surface area contributed by atoms with Gasteiger partial charge in [-0.05, 0) is 26.2 Å². The van der Waals surface area contributed by atoms with E-state index in [2.05, 4.69) is 33.0 Å². The Labute approximate surface area is 99.9 Å². The Morgan fingerprint density at radius 1 is 1.38 bits per heavy atom. The molecule has 0 aromatic rings. The van der Waals surface area contributed by atoms with Crippen molar-refractivity contribution >= 4 is 0 Å². The second kappa shape index (κ2) is 7.25. The fraction of sp³-hybridized carbons (Fsp3) is 1.00. The summed E-state index contributed by atoms with van der Waals surface area (Å²) in [7, 11) is 0. The van der Waals surface area contributed by atoms with Crippen LogP contribution in [0.1, 0.15) is 40.5 Å². The quantitative estimate of drug-likeness (QED) is 0.726. The minimum Gasteiger partial charge on any atom is -0.379 e. The van der Waals surface area contributed by atoms with Gasteiger partial charge in [-0.15, -0.1) is 0 Å². The van der Waals surface area contributed by atoms with Crippen molar-refractivity contribution in [2.45, 2.75) is 58.7 Å². The molecule has 1 heterocycles. The Morgan fingerprint density at radius 3 is 2.69 bits per heavy atom. The van der Waals surface area contributed by atoms with Gasteiger partial charge in [0.05, 0.1) is 19.3 Å². The zero-order valence-electron chi connectivity index (χ0n) is 11.2. The summed E-state index contributed by atoms with van der Waals surface area (Å²) in [5, 5.41) is 3.59. The predicted molar refractivity (Wildman–Crippen MR) is 66.7 cm³/mol. The molecule has 0 radical (unpaired) electrons. The minimum absolute atomic E-state index is 0.322. The van der Waals surface area contributed by atoms with E-state index in [0.29, 0.717) is 18.2 Å². The van der Waals surface area contributed by atoms with Crippen molar-refractivity contribution in [2.75, 3.05) is 19.8 Å². The van der Waals surface area contributed by atoms with E-state index in [1.54, 1.807) is 0 Å². The fourth-order valence-corrected chi connectivity index (χ4v) is 1.94. The van der Waals surface area contributed by atoms with Crippen molar-refractivity contribution in [3.63, 3.8) is 0 Å². The van der Waals surface area contributed by atoms with Crippen LogP contribution < -0.4 is 5.32 Å². The van der Waals surface area contributed by atoms with Gasteiger partial charge >= 0.3 is 0 Å². The molecule has 0 aromatic heterocycles. The highest BCUT2D eigenvalue weighted by atomic mass is 16.5. The van der Waals surface area contributed by atoms with Gasteiger partial charge in [0, 0.05) is 18.7 Å². The molecule has 0 bridgehead atoms. The summed E-state index contributed by atoms with van der Waals surface area (Å²) < 4.78 is 11.1. The monoisotopic (exact) mass is 229 g/mol. The van der Waals surface area contributed by atoms with E-state index in [4.69, 9.17) is 9.47 Å². The summed E-state index contributed by atoms with van der Waals surface area (Å²) in [6.07, 6.45) is 2.59. The molecule has 1 aliphatic heterocycles. The summed E-state index contributed by atoms with van der Waals surface area (Å²) in [6.45, 7) is 11.4. The van der Waals surface area contributed by atoms with Crippen LogP contribution in [0.5, 0.6) is 0 Å². The molecule has 1 N–H and O–H groups in total. The standard InChI is InChI=1S/C13H27NO2/c1-5-10(2)12(4)14-11(3)8-16-13-6-7-15-9-13/h10-14H,5-9H2,1-4H3. The highest BCUT2D eigenvalue weighted by Crippen LogP contribution is 2.10. The molecule has 16 heavy (non-hydrogen) atoms. The maximum Gasteiger partial charge on any atom is 0.0831 e. The molecule has 0 spiro atoms. The van der Waals surface area contributed by atoms with Crippen LogP contribution in [0.3, 0.4) is 0 Å². The molecule has 0 aromatic carbocycles. The molecule has 3 nitrogen and oxygen atoms in total. The van der Waals surface area contributed by atoms with Crippen molar-refractivity contribution in [3.05, 3.63) is 0 Å². The molecule has 1 rings (SSSR count). The number of hydrogen-bond donors (Lipinski definition) is 1. The zero-order valence-corrected chi connectivity index (χ0v) is 11.2. The van der Waals surface area contributed by atoms with Crippen molar-refractivity contribution in [3.8, 4) is 0 Å². The predicted octanol–water partition coefficient (Wildman–Crippen LogP) is 2.20. The van der Waals surface area contributed by atoms with E-state index in [9.17, 15) is 0 Å². The summed E-state index contributed by atoms with van der Waals surface area (Å²) in [5.74, 6) is 0.720. The molecule has 1 fully saturated rings. The average molecular weight is 229 g/mol. The van der Waals surface area contributed by atoms with Gasteiger partial charge in [-0.2, -0.15) is 0 Å². The van der Waals surface area contributed by atoms with Gasteiger partial charge in [-0.1, -0.05) is 20.3 Å². The number of ether oxygens (including phenoxy) is 2. The highest BCUT2D eigenvalue weighted by molar-refractivity contribution is 4.72. The highest BCUT2D eigenvalue weighted by Gasteiger charge is 2.18. The van der Waals surface area contributed by atoms with Gasteiger partial charge in [0.25, 0.3) is 0 Å². The maximum atomic E-state index is 5.79. The van der Waals surface area contributed by atoms with E-state index < -0.39 is 0 Å². The molecule has 3 heteroatoms.